The van der Waals surface area contributed by atoms with E-state index in [-0.39, 0.29) is 11.1 Å². The lowest BCUT2D eigenvalue weighted by molar-refractivity contribution is 0.0696. The first kappa shape index (κ1) is 16.2. The summed E-state index contributed by atoms with van der Waals surface area (Å²) in [5, 5.41) is 9.31. The van der Waals surface area contributed by atoms with Crippen LogP contribution in [0.4, 0.5) is 0 Å². The van der Waals surface area contributed by atoms with Crippen LogP contribution < -0.4 is 0 Å². The number of fused-ring (bicyclic) bond motifs is 1. The van der Waals surface area contributed by atoms with Crippen molar-refractivity contribution in [2.45, 2.75) is 64.3 Å². The van der Waals surface area contributed by atoms with Crippen molar-refractivity contribution in [1.29, 1.82) is 0 Å². The smallest absolute Gasteiger partial charge is 0.335 e. The van der Waals surface area contributed by atoms with E-state index in [1.807, 2.05) is 12.1 Å². The summed E-state index contributed by atoms with van der Waals surface area (Å²) in [4.78, 5) is 11.1. The summed E-state index contributed by atoms with van der Waals surface area (Å²) < 4.78 is 6.56. The van der Waals surface area contributed by atoms with Crippen molar-refractivity contribution < 1.29 is 14.3 Å². The summed E-state index contributed by atoms with van der Waals surface area (Å²) in [5.74, 6) is -0.856. The van der Waals surface area contributed by atoms with Gasteiger partial charge in [0.05, 0.1) is 11.7 Å². The van der Waals surface area contributed by atoms with Crippen molar-refractivity contribution in [3.05, 3.63) is 34.9 Å². The third-order valence-corrected chi connectivity index (χ3v) is 9.38. The van der Waals surface area contributed by atoms with Crippen LogP contribution in [0.25, 0.3) is 0 Å². The van der Waals surface area contributed by atoms with Gasteiger partial charge in [0.1, 0.15) is 0 Å². The predicted octanol–water partition coefficient (Wildman–Crippen LogP) is 4.78. The molecule has 0 fully saturated rings. The van der Waals surface area contributed by atoms with Crippen LogP contribution in [-0.4, -0.2) is 19.4 Å². The lowest BCUT2D eigenvalue weighted by Crippen LogP contribution is -2.42. The van der Waals surface area contributed by atoms with Gasteiger partial charge in [-0.1, -0.05) is 26.8 Å². The molecule has 21 heavy (non-hydrogen) atoms. The summed E-state index contributed by atoms with van der Waals surface area (Å²) in [6.07, 6.45) is 3.17. The minimum Gasteiger partial charge on any atom is -0.478 e. The third kappa shape index (κ3) is 3.38. The molecule has 2 rings (SSSR count). The Hall–Kier alpha value is -1.13. The highest BCUT2D eigenvalue weighted by atomic mass is 28.4. The molecule has 0 aliphatic heterocycles. The number of hydrogen-bond acceptors (Lipinski definition) is 2. The van der Waals surface area contributed by atoms with Crippen molar-refractivity contribution in [3.63, 3.8) is 0 Å². The first-order valence-corrected chi connectivity index (χ1v) is 10.6. The minimum atomic E-state index is -1.81. The van der Waals surface area contributed by atoms with Gasteiger partial charge in [0.2, 0.25) is 0 Å². The molecule has 1 N–H and O–H groups in total. The van der Waals surface area contributed by atoms with E-state index in [9.17, 15) is 4.79 Å². The fraction of sp³-hybridized carbons (Fsp3) is 0.588. The van der Waals surface area contributed by atoms with Gasteiger partial charge in [-0.2, -0.15) is 0 Å². The van der Waals surface area contributed by atoms with E-state index >= 15 is 0 Å². The lowest BCUT2D eigenvalue weighted by atomic mass is 9.88. The van der Waals surface area contributed by atoms with Crippen LogP contribution in [0.3, 0.4) is 0 Å². The number of carboxylic acid groups (broad SMARTS) is 1. The van der Waals surface area contributed by atoms with Crippen LogP contribution in [-0.2, 0) is 10.8 Å². The van der Waals surface area contributed by atoms with E-state index < -0.39 is 14.3 Å². The van der Waals surface area contributed by atoms with E-state index in [2.05, 4.69) is 33.9 Å². The van der Waals surface area contributed by atoms with Crippen LogP contribution in [0.15, 0.2) is 18.2 Å². The molecule has 1 aliphatic carbocycles. The fourth-order valence-electron chi connectivity index (χ4n) is 2.56. The third-order valence-electron chi connectivity index (χ3n) is 4.89. The Morgan fingerprint density at radius 3 is 2.57 bits per heavy atom. The van der Waals surface area contributed by atoms with Gasteiger partial charge in [0.15, 0.2) is 8.32 Å². The minimum absolute atomic E-state index is 0.123. The summed E-state index contributed by atoms with van der Waals surface area (Å²) in [5.41, 5.74) is 2.71. The number of hydrogen-bond donors (Lipinski definition) is 1. The molecular formula is C17H26O3Si. The van der Waals surface area contributed by atoms with Crippen LogP contribution in [0.5, 0.6) is 0 Å². The molecular weight excluding hydrogens is 280 g/mol. The SMILES string of the molecule is CC(C)(C)[Si](C)(C)O[C@H]1CCCc2cc(C(=O)O)ccc21. The van der Waals surface area contributed by atoms with Crippen molar-refractivity contribution in [1.82, 2.24) is 0 Å². The molecule has 0 aromatic heterocycles. The van der Waals surface area contributed by atoms with Crippen molar-refractivity contribution in [2.75, 3.05) is 0 Å². The molecule has 0 saturated heterocycles. The predicted molar refractivity (Wildman–Crippen MR) is 87.4 cm³/mol. The molecule has 4 heteroatoms. The molecule has 116 valence electrons. The van der Waals surface area contributed by atoms with Gasteiger partial charge >= 0.3 is 5.97 Å². The normalized spacial score (nSPS) is 19.2. The van der Waals surface area contributed by atoms with Crippen LogP contribution in [0.1, 0.15) is 61.2 Å². The summed E-state index contributed by atoms with van der Waals surface area (Å²) in [7, 11) is -1.81. The number of aryl methyl sites for hydroxylation is 1. The number of rotatable bonds is 3. The molecule has 3 nitrogen and oxygen atoms in total. The van der Waals surface area contributed by atoms with Gasteiger partial charge < -0.3 is 9.53 Å². The number of carbonyl (C=O) groups is 1. The Labute approximate surface area is 128 Å². The second-order valence-electron chi connectivity index (χ2n) is 7.48. The monoisotopic (exact) mass is 306 g/mol. The van der Waals surface area contributed by atoms with Crippen LogP contribution in [0, 0.1) is 0 Å². The highest BCUT2D eigenvalue weighted by Gasteiger charge is 2.40. The maximum Gasteiger partial charge on any atom is 0.335 e. The zero-order valence-electron chi connectivity index (χ0n) is 13.7. The fourth-order valence-corrected chi connectivity index (χ4v) is 3.87. The molecule has 0 unspecified atom stereocenters. The first-order valence-electron chi connectivity index (χ1n) is 7.66. The lowest BCUT2D eigenvalue weighted by Gasteiger charge is -2.41. The maximum atomic E-state index is 11.1. The van der Waals surface area contributed by atoms with Gasteiger partial charge in [-0.25, -0.2) is 4.79 Å². The van der Waals surface area contributed by atoms with Crippen molar-refractivity contribution >= 4 is 14.3 Å². The molecule has 0 radical (unpaired) electrons. The van der Waals surface area contributed by atoms with Gasteiger partial charge in [-0.05, 0) is 60.7 Å². The van der Waals surface area contributed by atoms with E-state index in [1.54, 1.807) is 6.07 Å². The second-order valence-corrected chi connectivity index (χ2v) is 12.2. The summed E-state index contributed by atoms with van der Waals surface area (Å²) in [6, 6.07) is 5.48. The highest BCUT2D eigenvalue weighted by molar-refractivity contribution is 6.74. The number of benzene rings is 1. The van der Waals surface area contributed by atoms with E-state index in [0.29, 0.717) is 5.56 Å². The molecule has 0 heterocycles. The molecule has 0 spiro atoms. The Kier molecular flexibility index (Phi) is 4.31. The molecule has 1 aromatic rings. The van der Waals surface area contributed by atoms with Gasteiger partial charge in [0.25, 0.3) is 0 Å². The van der Waals surface area contributed by atoms with Gasteiger partial charge in [-0.3, -0.25) is 0 Å². The zero-order chi connectivity index (χ0) is 15.8. The number of aromatic carboxylic acids is 1. The first-order chi connectivity index (χ1) is 9.62. The quantitative estimate of drug-likeness (QED) is 0.817. The Balaban J connectivity index is 2.29. The van der Waals surface area contributed by atoms with Crippen molar-refractivity contribution in [3.8, 4) is 0 Å². The molecule has 1 atom stereocenters. The summed E-state index contributed by atoms with van der Waals surface area (Å²) in [6.45, 7) is 11.3. The average Bonchev–Trinajstić information content (AvgIpc) is 2.36. The Morgan fingerprint density at radius 2 is 2.00 bits per heavy atom. The largest absolute Gasteiger partial charge is 0.478 e. The molecule has 0 amide bonds. The zero-order valence-corrected chi connectivity index (χ0v) is 14.7. The molecule has 0 saturated carbocycles. The van der Waals surface area contributed by atoms with Gasteiger partial charge in [-0.15, -0.1) is 0 Å². The van der Waals surface area contributed by atoms with E-state index in [4.69, 9.17) is 9.53 Å². The van der Waals surface area contributed by atoms with E-state index in [1.165, 1.54) is 5.56 Å². The molecule has 1 aliphatic rings. The average molecular weight is 306 g/mol. The van der Waals surface area contributed by atoms with Crippen LogP contribution in [0.2, 0.25) is 18.1 Å². The summed E-state index contributed by atoms with van der Waals surface area (Å²) >= 11 is 0. The molecule has 0 bridgehead atoms. The topological polar surface area (TPSA) is 46.5 Å². The van der Waals surface area contributed by atoms with Crippen molar-refractivity contribution in [2.24, 2.45) is 0 Å². The number of carboxylic acids is 1. The van der Waals surface area contributed by atoms with E-state index in [0.717, 1.165) is 24.8 Å². The Bertz CT molecular complexity index is 543. The van der Waals surface area contributed by atoms with Crippen LogP contribution >= 0.6 is 0 Å². The second kappa shape index (κ2) is 5.58. The maximum absolute atomic E-state index is 11.1. The standard InChI is InChI=1S/C17H26O3Si/c1-17(2,3)21(4,5)20-15-8-6-7-12-11-13(16(18)19)9-10-14(12)15/h9-11,15H,6-8H2,1-5H3,(H,18,19)/t15-/m0/s1. The highest BCUT2D eigenvalue weighted by Crippen LogP contribution is 2.42. The van der Waals surface area contributed by atoms with Gasteiger partial charge in [0, 0.05) is 0 Å². The Morgan fingerprint density at radius 1 is 1.33 bits per heavy atom. The molecule has 1 aromatic carbocycles.